The number of nitrogens with zero attached hydrogens (tertiary/aromatic N) is 5. The van der Waals surface area contributed by atoms with E-state index in [1.54, 1.807) is 6.26 Å². The van der Waals surface area contributed by atoms with Crippen LogP contribution >= 0.6 is 24.0 Å². The van der Waals surface area contributed by atoms with Crippen molar-refractivity contribution in [3.63, 3.8) is 0 Å². The maximum atomic E-state index is 5.76. The van der Waals surface area contributed by atoms with Gasteiger partial charge >= 0.3 is 0 Å². The molecule has 0 aromatic carbocycles. The van der Waals surface area contributed by atoms with Crippen LogP contribution in [0.15, 0.2) is 40.2 Å². The fraction of sp³-hybridized carbons (Fsp3) is 0.636. The first-order valence-electron chi connectivity index (χ1n) is 11.0. The molecule has 0 amide bonds. The zero-order chi connectivity index (χ0) is 21.3. The predicted octanol–water partition coefficient (Wildman–Crippen LogP) is 3.02. The van der Waals surface area contributed by atoms with Crippen molar-refractivity contribution >= 4 is 29.9 Å². The molecule has 0 saturated carbocycles. The molecule has 2 N–H and O–H groups in total. The Balaban J connectivity index is 0.00000341. The van der Waals surface area contributed by atoms with Gasteiger partial charge in [-0.1, -0.05) is 6.42 Å². The standard InChI is InChI=1S/C22H37N7O.HI/c1-5-23-22(24-15-19(27(2)3)18-14-26-28(4)17-18)25-16-20(21-10-9-13-30-21)29-11-7-6-8-12-29;/h9-10,13-14,17,19-20H,5-8,11-12,15-16H2,1-4H3,(H2,23,24,25);1H. The second-order valence-electron chi connectivity index (χ2n) is 8.16. The fourth-order valence-corrected chi connectivity index (χ4v) is 4.02. The van der Waals surface area contributed by atoms with Crippen LogP contribution in [0.25, 0.3) is 0 Å². The molecule has 1 fully saturated rings. The van der Waals surface area contributed by atoms with E-state index < -0.39 is 0 Å². The van der Waals surface area contributed by atoms with E-state index in [4.69, 9.17) is 9.41 Å². The van der Waals surface area contributed by atoms with E-state index in [-0.39, 0.29) is 36.1 Å². The molecule has 0 bridgehead atoms. The number of hydrogen-bond acceptors (Lipinski definition) is 5. The van der Waals surface area contributed by atoms with Gasteiger partial charge in [0.2, 0.25) is 0 Å². The first-order chi connectivity index (χ1) is 14.6. The Hall–Kier alpha value is -1.59. The Morgan fingerprint density at radius 1 is 1.26 bits per heavy atom. The number of furan rings is 1. The third-order valence-corrected chi connectivity index (χ3v) is 5.67. The summed E-state index contributed by atoms with van der Waals surface area (Å²) in [4.78, 5) is 9.64. The van der Waals surface area contributed by atoms with E-state index in [1.165, 1.54) is 24.8 Å². The Bertz CT molecular complexity index is 769. The summed E-state index contributed by atoms with van der Waals surface area (Å²) in [6.45, 7) is 6.54. The second-order valence-corrected chi connectivity index (χ2v) is 8.16. The van der Waals surface area contributed by atoms with Crippen molar-refractivity contribution in [2.75, 3.05) is 46.8 Å². The van der Waals surface area contributed by atoms with Crippen LogP contribution in [0, 0.1) is 0 Å². The van der Waals surface area contributed by atoms with E-state index in [0.717, 1.165) is 37.9 Å². The van der Waals surface area contributed by atoms with Crippen LogP contribution < -0.4 is 10.6 Å². The monoisotopic (exact) mass is 543 g/mol. The first-order valence-corrected chi connectivity index (χ1v) is 11.0. The summed E-state index contributed by atoms with van der Waals surface area (Å²) >= 11 is 0. The van der Waals surface area contributed by atoms with E-state index in [1.807, 2.05) is 24.0 Å². The highest BCUT2D eigenvalue weighted by Gasteiger charge is 2.24. The zero-order valence-corrected chi connectivity index (χ0v) is 21.6. The van der Waals surface area contributed by atoms with Crippen molar-refractivity contribution in [3.8, 4) is 0 Å². The SMILES string of the molecule is CCNC(=NCC(c1ccco1)N1CCCCC1)NCC(c1cnn(C)c1)N(C)C.I. The summed E-state index contributed by atoms with van der Waals surface area (Å²) in [6, 6.07) is 4.43. The lowest BCUT2D eigenvalue weighted by Gasteiger charge is -2.32. The van der Waals surface area contributed by atoms with Crippen molar-refractivity contribution in [1.82, 2.24) is 30.2 Å². The lowest BCUT2D eigenvalue weighted by molar-refractivity contribution is 0.150. The van der Waals surface area contributed by atoms with Gasteiger partial charge in [0, 0.05) is 31.9 Å². The molecular weight excluding hydrogens is 505 g/mol. The largest absolute Gasteiger partial charge is 0.468 e. The number of aliphatic imine (C=N–C) groups is 1. The number of likely N-dealkylation sites (tertiary alicyclic amines) is 1. The predicted molar refractivity (Wildman–Crippen MR) is 136 cm³/mol. The molecule has 2 aromatic heterocycles. The average Bonchev–Trinajstić information content (AvgIpc) is 3.41. The van der Waals surface area contributed by atoms with Crippen LogP contribution in [0.2, 0.25) is 0 Å². The molecule has 8 nitrogen and oxygen atoms in total. The minimum absolute atomic E-state index is 0. The van der Waals surface area contributed by atoms with Gasteiger partial charge in [0.15, 0.2) is 5.96 Å². The van der Waals surface area contributed by atoms with Crippen molar-refractivity contribution < 1.29 is 4.42 Å². The van der Waals surface area contributed by atoms with Crippen LogP contribution in [-0.2, 0) is 7.05 Å². The van der Waals surface area contributed by atoms with E-state index in [2.05, 4.69) is 58.8 Å². The second kappa shape index (κ2) is 13.1. The molecule has 2 aromatic rings. The van der Waals surface area contributed by atoms with Gasteiger partial charge in [0.05, 0.1) is 31.1 Å². The Labute approximate surface area is 203 Å². The van der Waals surface area contributed by atoms with Crippen LogP contribution in [0.4, 0.5) is 0 Å². The molecule has 174 valence electrons. The van der Waals surface area contributed by atoms with Crippen molar-refractivity contribution in [2.45, 2.75) is 38.3 Å². The average molecular weight is 543 g/mol. The van der Waals surface area contributed by atoms with Crippen LogP contribution in [0.5, 0.6) is 0 Å². The number of hydrogen-bond donors (Lipinski definition) is 2. The molecule has 1 aliphatic rings. The van der Waals surface area contributed by atoms with E-state index in [9.17, 15) is 0 Å². The maximum absolute atomic E-state index is 5.76. The van der Waals surface area contributed by atoms with Gasteiger partial charge in [-0.3, -0.25) is 14.6 Å². The van der Waals surface area contributed by atoms with Crippen molar-refractivity contribution in [1.29, 1.82) is 0 Å². The smallest absolute Gasteiger partial charge is 0.191 e. The molecule has 9 heteroatoms. The molecule has 1 saturated heterocycles. The Morgan fingerprint density at radius 2 is 2.03 bits per heavy atom. The molecule has 1 aliphatic heterocycles. The summed E-state index contributed by atoms with van der Waals surface area (Å²) < 4.78 is 7.61. The van der Waals surface area contributed by atoms with E-state index >= 15 is 0 Å². The topological polar surface area (TPSA) is 73.9 Å². The van der Waals surface area contributed by atoms with Gasteiger partial charge in [-0.25, -0.2) is 0 Å². The number of aryl methyl sites for hydroxylation is 1. The van der Waals surface area contributed by atoms with Gasteiger partial charge in [0.25, 0.3) is 0 Å². The maximum Gasteiger partial charge on any atom is 0.191 e. The van der Waals surface area contributed by atoms with Gasteiger partial charge in [-0.2, -0.15) is 5.10 Å². The summed E-state index contributed by atoms with van der Waals surface area (Å²) in [5, 5.41) is 11.2. The fourth-order valence-electron chi connectivity index (χ4n) is 4.02. The minimum atomic E-state index is 0. The quantitative estimate of drug-likeness (QED) is 0.288. The third-order valence-electron chi connectivity index (χ3n) is 5.67. The Morgan fingerprint density at radius 3 is 2.61 bits per heavy atom. The van der Waals surface area contributed by atoms with Crippen LogP contribution in [0.3, 0.4) is 0 Å². The van der Waals surface area contributed by atoms with Crippen LogP contribution in [-0.4, -0.2) is 72.4 Å². The van der Waals surface area contributed by atoms with E-state index in [0.29, 0.717) is 6.54 Å². The molecule has 2 unspecified atom stereocenters. The van der Waals surface area contributed by atoms with Gasteiger partial charge in [-0.05, 0) is 59.1 Å². The van der Waals surface area contributed by atoms with Crippen molar-refractivity contribution in [3.05, 3.63) is 42.1 Å². The molecule has 31 heavy (non-hydrogen) atoms. The molecule has 2 atom stereocenters. The number of halogens is 1. The Kier molecular flexibility index (Phi) is 10.8. The molecule has 3 rings (SSSR count). The summed E-state index contributed by atoms with van der Waals surface area (Å²) in [6.07, 6.45) is 9.56. The molecule has 3 heterocycles. The van der Waals surface area contributed by atoms with Crippen LogP contribution in [0.1, 0.15) is 49.6 Å². The summed E-state index contributed by atoms with van der Waals surface area (Å²) in [5.41, 5.74) is 1.19. The summed E-state index contributed by atoms with van der Waals surface area (Å²) in [5.74, 6) is 1.83. The molecule has 0 radical (unpaired) electrons. The molecule has 0 aliphatic carbocycles. The number of likely N-dealkylation sites (N-methyl/N-ethyl adjacent to an activating group) is 1. The van der Waals surface area contributed by atoms with Gasteiger partial charge in [0.1, 0.15) is 5.76 Å². The number of guanidine groups is 1. The number of nitrogens with one attached hydrogen (secondary N) is 2. The normalized spacial score (nSPS) is 17.3. The minimum Gasteiger partial charge on any atom is -0.468 e. The first kappa shape index (κ1) is 25.7. The summed E-state index contributed by atoms with van der Waals surface area (Å²) in [7, 11) is 6.13. The lowest BCUT2D eigenvalue weighted by Crippen LogP contribution is -2.42. The van der Waals surface area contributed by atoms with Gasteiger partial charge < -0.3 is 20.0 Å². The lowest BCUT2D eigenvalue weighted by atomic mass is 10.1. The molecule has 0 spiro atoms. The van der Waals surface area contributed by atoms with Gasteiger partial charge in [-0.15, -0.1) is 24.0 Å². The highest BCUT2D eigenvalue weighted by atomic mass is 127. The molecular formula is C22H38IN7O. The third kappa shape index (κ3) is 7.50. The zero-order valence-electron chi connectivity index (χ0n) is 19.3. The number of rotatable bonds is 9. The highest BCUT2D eigenvalue weighted by molar-refractivity contribution is 14.0. The number of aromatic nitrogens is 2. The van der Waals surface area contributed by atoms with Crippen molar-refractivity contribution in [2.24, 2.45) is 12.0 Å². The highest BCUT2D eigenvalue weighted by Crippen LogP contribution is 2.25. The number of piperidine rings is 1.